The number of benzene rings is 1. The molecule has 1 fully saturated rings. The fourth-order valence-corrected chi connectivity index (χ4v) is 2.08. The molecule has 0 bridgehead atoms. The van der Waals surface area contributed by atoms with Gasteiger partial charge >= 0.3 is 0 Å². The summed E-state index contributed by atoms with van der Waals surface area (Å²) in [6, 6.07) is 9.97. The number of rotatable bonds is 2. The van der Waals surface area contributed by atoms with Crippen molar-refractivity contribution in [2.75, 3.05) is 13.1 Å². The number of piperidine rings is 1. The fourth-order valence-electron chi connectivity index (χ4n) is 2.08. The highest BCUT2D eigenvalue weighted by atomic mass is 16.4. The van der Waals surface area contributed by atoms with Crippen molar-refractivity contribution in [3.63, 3.8) is 0 Å². The van der Waals surface area contributed by atoms with Gasteiger partial charge in [0.25, 0.3) is 0 Å². The third-order valence-electron chi connectivity index (χ3n) is 2.97. The number of nitrogens with one attached hydrogen (secondary N) is 1. The molecule has 16 heavy (non-hydrogen) atoms. The first-order chi connectivity index (χ1) is 7.88. The molecule has 4 nitrogen and oxygen atoms in total. The predicted molar refractivity (Wildman–Crippen MR) is 63.0 cm³/mol. The summed E-state index contributed by atoms with van der Waals surface area (Å²) in [5.41, 5.74) is 1.06. The SMILES string of the molecule is NO.OC(c1ccccc1)C1CCNCC1. The molecule has 0 spiro atoms. The van der Waals surface area contributed by atoms with Crippen molar-refractivity contribution >= 4 is 0 Å². The molecule has 0 aliphatic carbocycles. The zero-order valence-electron chi connectivity index (χ0n) is 9.34. The lowest BCUT2D eigenvalue weighted by Gasteiger charge is -2.27. The van der Waals surface area contributed by atoms with Crippen LogP contribution in [0.2, 0.25) is 0 Å². The molecular formula is C12H20N2O2. The highest BCUT2D eigenvalue weighted by molar-refractivity contribution is 5.18. The minimum Gasteiger partial charge on any atom is -0.388 e. The Morgan fingerprint density at radius 2 is 1.69 bits per heavy atom. The smallest absolute Gasteiger partial charge is 0.0819 e. The second-order valence-electron chi connectivity index (χ2n) is 3.94. The number of aliphatic hydroxyl groups is 1. The summed E-state index contributed by atoms with van der Waals surface area (Å²) < 4.78 is 0. The van der Waals surface area contributed by atoms with Crippen molar-refractivity contribution in [3.05, 3.63) is 35.9 Å². The van der Waals surface area contributed by atoms with E-state index in [-0.39, 0.29) is 6.10 Å². The number of hydrogen-bond donors (Lipinski definition) is 4. The first kappa shape index (κ1) is 13.1. The van der Waals surface area contributed by atoms with Crippen LogP contribution < -0.4 is 11.2 Å². The molecule has 0 radical (unpaired) electrons. The van der Waals surface area contributed by atoms with Gasteiger partial charge in [-0.3, -0.25) is 0 Å². The Labute approximate surface area is 96.1 Å². The molecule has 1 saturated heterocycles. The van der Waals surface area contributed by atoms with E-state index in [2.05, 4.69) is 11.2 Å². The zero-order chi connectivity index (χ0) is 11.8. The molecule has 0 aromatic heterocycles. The quantitative estimate of drug-likeness (QED) is 0.566. The summed E-state index contributed by atoms with van der Waals surface area (Å²) in [6.07, 6.45) is 1.88. The summed E-state index contributed by atoms with van der Waals surface area (Å²) >= 11 is 0. The third kappa shape index (κ3) is 3.57. The molecule has 0 amide bonds. The summed E-state index contributed by atoms with van der Waals surface area (Å²) in [7, 11) is 0. The van der Waals surface area contributed by atoms with Crippen LogP contribution in [0.25, 0.3) is 0 Å². The van der Waals surface area contributed by atoms with E-state index in [1.165, 1.54) is 0 Å². The number of hydrogen-bond acceptors (Lipinski definition) is 4. The average Bonchev–Trinajstić information content (AvgIpc) is 2.42. The standard InChI is InChI=1S/C12H17NO.H3NO/c14-12(10-4-2-1-3-5-10)11-6-8-13-9-7-11;1-2/h1-5,11-14H,6-9H2;2H,1H2. The van der Waals surface area contributed by atoms with Crippen molar-refractivity contribution < 1.29 is 10.3 Å². The first-order valence-corrected chi connectivity index (χ1v) is 5.57. The molecule has 0 saturated carbocycles. The van der Waals surface area contributed by atoms with E-state index < -0.39 is 0 Å². The van der Waals surface area contributed by atoms with Crippen LogP contribution in [0.3, 0.4) is 0 Å². The second-order valence-corrected chi connectivity index (χ2v) is 3.94. The molecule has 1 atom stereocenters. The van der Waals surface area contributed by atoms with Gasteiger partial charge in [-0.2, -0.15) is 0 Å². The van der Waals surface area contributed by atoms with Crippen LogP contribution in [0.1, 0.15) is 24.5 Å². The van der Waals surface area contributed by atoms with Gasteiger partial charge in [-0.15, -0.1) is 0 Å². The Morgan fingerprint density at radius 1 is 1.12 bits per heavy atom. The molecule has 5 N–H and O–H groups in total. The molecule has 1 aromatic carbocycles. The van der Waals surface area contributed by atoms with Crippen LogP contribution in [0.4, 0.5) is 0 Å². The normalized spacial score (nSPS) is 18.4. The molecule has 90 valence electrons. The van der Waals surface area contributed by atoms with E-state index >= 15 is 0 Å². The molecular weight excluding hydrogens is 204 g/mol. The van der Waals surface area contributed by atoms with Crippen LogP contribution in [0.5, 0.6) is 0 Å². The molecule has 4 heteroatoms. The Balaban J connectivity index is 0.000000606. The van der Waals surface area contributed by atoms with Crippen molar-refractivity contribution in [2.24, 2.45) is 11.8 Å². The fraction of sp³-hybridized carbons (Fsp3) is 0.500. The maximum absolute atomic E-state index is 10.1. The highest BCUT2D eigenvalue weighted by Crippen LogP contribution is 2.28. The van der Waals surface area contributed by atoms with Gasteiger partial charge in [0.15, 0.2) is 0 Å². The lowest BCUT2D eigenvalue weighted by Crippen LogP contribution is -2.30. The minimum absolute atomic E-state index is 0.279. The number of aliphatic hydroxyl groups excluding tert-OH is 1. The molecule has 1 unspecified atom stereocenters. The first-order valence-electron chi connectivity index (χ1n) is 5.57. The Morgan fingerprint density at radius 3 is 2.25 bits per heavy atom. The van der Waals surface area contributed by atoms with E-state index in [4.69, 9.17) is 5.21 Å². The van der Waals surface area contributed by atoms with Crippen molar-refractivity contribution in [2.45, 2.75) is 18.9 Å². The van der Waals surface area contributed by atoms with E-state index in [0.29, 0.717) is 5.92 Å². The van der Waals surface area contributed by atoms with Crippen LogP contribution in [0, 0.1) is 5.92 Å². The average molecular weight is 224 g/mol. The summed E-state index contributed by atoms with van der Waals surface area (Å²) in [5, 5.41) is 19.9. The van der Waals surface area contributed by atoms with Crippen molar-refractivity contribution in [3.8, 4) is 0 Å². The van der Waals surface area contributed by atoms with E-state index in [1.807, 2.05) is 30.3 Å². The van der Waals surface area contributed by atoms with Gasteiger partial charge in [0.2, 0.25) is 0 Å². The lowest BCUT2D eigenvalue weighted by atomic mass is 9.88. The van der Waals surface area contributed by atoms with Crippen molar-refractivity contribution in [1.29, 1.82) is 0 Å². The Bertz CT molecular complexity index is 274. The van der Waals surface area contributed by atoms with Gasteiger partial charge in [0.1, 0.15) is 0 Å². The van der Waals surface area contributed by atoms with Gasteiger partial charge in [-0.1, -0.05) is 30.3 Å². The topological polar surface area (TPSA) is 78.5 Å². The molecule has 1 aliphatic rings. The van der Waals surface area contributed by atoms with Crippen LogP contribution >= 0.6 is 0 Å². The van der Waals surface area contributed by atoms with Crippen LogP contribution in [0.15, 0.2) is 30.3 Å². The predicted octanol–water partition coefficient (Wildman–Crippen LogP) is 1.05. The maximum atomic E-state index is 10.1. The van der Waals surface area contributed by atoms with Gasteiger partial charge in [0, 0.05) is 0 Å². The minimum atomic E-state index is -0.279. The van der Waals surface area contributed by atoms with Gasteiger partial charge in [0.05, 0.1) is 6.10 Å². The van der Waals surface area contributed by atoms with E-state index in [0.717, 1.165) is 31.5 Å². The van der Waals surface area contributed by atoms with Crippen molar-refractivity contribution in [1.82, 2.24) is 5.32 Å². The lowest BCUT2D eigenvalue weighted by molar-refractivity contribution is 0.0889. The monoisotopic (exact) mass is 224 g/mol. The number of nitrogens with two attached hydrogens (primary N) is 1. The van der Waals surface area contributed by atoms with Gasteiger partial charge in [-0.25, -0.2) is 5.90 Å². The van der Waals surface area contributed by atoms with E-state index in [1.54, 1.807) is 0 Å². The van der Waals surface area contributed by atoms with E-state index in [9.17, 15) is 5.11 Å². The van der Waals surface area contributed by atoms with Crippen LogP contribution in [-0.2, 0) is 0 Å². The Kier molecular flexibility index (Phi) is 6.03. The molecule has 2 rings (SSSR count). The third-order valence-corrected chi connectivity index (χ3v) is 2.97. The summed E-state index contributed by atoms with van der Waals surface area (Å²) in [6.45, 7) is 2.07. The Hall–Kier alpha value is -0.940. The maximum Gasteiger partial charge on any atom is 0.0819 e. The van der Waals surface area contributed by atoms with Crippen LogP contribution in [-0.4, -0.2) is 23.4 Å². The molecule has 1 aliphatic heterocycles. The summed E-state index contributed by atoms with van der Waals surface area (Å²) in [4.78, 5) is 0. The largest absolute Gasteiger partial charge is 0.388 e. The summed E-state index contributed by atoms with van der Waals surface area (Å²) in [5.74, 6) is 3.93. The van der Waals surface area contributed by atoms with Gasteiger partial charge < -0.3 is 15.6 Å². The second kappa shape index (κ2) is 7.35. The molecule has 1 heterocycles. The van der Waals surface area contributed by atoms with Gasteiger partial charge in [-0.05, 0) is 37.4 Å². The molecule has 1 aromatic rings. The zero-order valence-corrected chi connectivity index (χ0v) is 9.34. The highest BCUT2D eigenvalue weighted by Gasteiger charge is 2.22.